The summed E-state index contributed by atoms with van der Waals surface area (Å²) >= 11 is 0. The van der Waals surface area contributed by atoms with E-state index in [9.17, 15) is 67.7 Å². The van der Waals surface area contributed by atoms with Crippen molar-refractivity contribution in [2.75, 3.05) is 37.8 Å². The quantitative estimate of drug-likeness (QED) is 0.0647. The number of likely N-dealkylation sites (N-methyl/N-ethyl adjacent to an activating group) is 2. The fraction of sp³-hybridized carbons (Fsp3) is 0.459. The molecule has 0 aliphatic carbocycles. The predicted octanol–water partition coefficient (Wildman–Crippen LogP) is 1.19. The lowest BCUT2D eigenvalue weighted by molar-refractivity contribution is -0.144. The topological polar surface area (TPSA) is 433 Å². The first kappa shape index (κ1) is 78.8. The Hall–Kier alpha value is -11.3. The lowest BCUT2D eigenvalue weighted by Crippen LogP contribution is -2.59. The highest BCUT2D eigenvalue weighted by atomic mass is 16.4. The number of hydrogen-bond donors (Lipinski definition) is 12. The Morgan fingerprint density at radius 3 is 1.17 bits per heavy atom. The zero-order valence-electron chi connectivity index (χ0n) is 60.5. The SMILES string of the molecule is CN[C@@H](C)C(=O)N[C@H](C(=O)N1C[C@@H]2C[C@H]1C(=O)N[C@@H](Cc1ccccc1)C(=O)N[C@@H](C(=O)O)Cc1ccc(cc1)NC(=O)CCc1cn(nn1)[C@H]1C[C@@H](C(=O)N[C@@H](Cc3ccccc3)C(=O)N[C@@H](C(=O)O)Cc3ccc(cc3)NC(=O)CCc3cn2nn3)N(C(=O)[C@@H](NC(=O)[C@H](C)NC)C(C)C)C1)C(C)C. The second-order valence-electron chi connectivity index (χ2n) is 27.9. The highest BCUT2D eigenvalue weighted by Crippen LogP contribution is 2.32. The lowest BCUT2D eigenvalue weighted by atomic mass is 10.0. The van der Waals surface area contributed by atoms with Crippen LogP contribution in [-0.2, 0) is 96.1 Å². The Balaban J connectivity index is 1.00. The number of likely N-dealkylation sites (tertiary alicyclic amines) is 2. The van der Waals surface area contributed by atoms with E-state index >= 15 is 0 Å². The van der Waals surface area contributed by atoms with Crippen molar-refractivity contribution in [2.24, 2.45) is 11.8 Å². The summed E-state index contributed by atoms with van der Waals surface area (Å²) in [6, 6.07) is 16.8. The van der Waals surface area contributed by atoms with Gasteiger partial charge in [0.25, 0.3) is 0 Å². The molecule has 10 amide bonds. The molecule has 12 atom stereocenters. The third-order valence-corrected chi connectivity index (χ3v) is 19.3. The van der Waals surface area contributed by atoms with Crippen LogP contribution < -0.4 is 53.2 Å². The number of aliphatic carboxylic acids is 2. The number of aromatic nitrogens is 6. The van der Waals surface area contributed by atoms with Crippen molar-refractivity contribution in [3.8, 4) is 0 Å². The van der Waals surface area contributed by atoms with E-state index in [0.29, 0.717) is 45.0 Å². The number of anilines is 2. The Morgan fingerprint density at radius 1 is 0.481 bits per heavy atom. The van der Waals surface area contributed by atoms with Gasteiger partial charge in [-0.1, -0.05) is 123 Å². The van der Waals surface area contributed by atoms with Gasteiger partial charge in [0, 0.05) is 101 Å². The molecule has 2 fully saturated rings. The van der Waals surface area contributed by atoms with Gasteiger partial charge in [0.05, 0.1) is 35.6 Å². The van der Waals surface area contributed by atoms with Gasteiger partial charge in [-0.25, -0.2) is 19.0 Å². The fourth-order valence-corrected chi connectivity index (χ4v) is 12.9. The van der Waals surface area contributed by atoms with Crippen LogP contribution in [0.25, 0.3) is 0 Å². The average Bonchev–Trinajstić information content (AvgIpc) is 1.64. The minimum absolute atomic E-state index is 0.0447. The van der Waals surface area contributed by atoms with E-state index in [1.165, 1.54) is 19.2 Å². The van der Waals surface area contributed by atoms with Crippen LogP contribution in [0.4, 0.5) is 11.4 Å². The summed E-state index contributed by atoms with van der Waals surface area (Å²) in [5.41, 5.74) is 3.65. The van der Waals surface area contributed by atoms with Crippen LogP contribution in [0.3, 0.4) is 0 Å². The number of aryl methyl sites for hydroxylation is 2. The number of rotatable bonds is 16. The van der Waals surface area contributed by atoms with E-state index < -0.39 is 155 Å². The van der Waals surface area contributed by atoms with Gasteiger partial charge in [-0.15, -0.1) is 10.2 Å². The van der Waals surface area contributed by atoms with Crippen molar-refractivity contribution in [3.05, 3.63) is 155 Å². The molecule has 6 aliphatic heterocycles. The molecule has 12 bridgehead atoms. The normalized spacial score (nSPS) is 22.2. The molecule has 4 aromatic carbocycles. The summed E-state index contributed by atoms with van der Waals surface area (Å²) in [6.45, 7) is 10.0. The third kappa shape index (κ3) is 21.0. The van der Waals surface area contributed by atoms with Crippen LogP contribution in [0, 0.1) is 11.8 Å². The highest BCUT2D eigenvalue weighted by Gasteiger charge is 2.47. The van der Waals surface area contributed by atoms with Gasteiger partial charge < -0.3 is 73.2 Å². The molecule has 564 valence electrons. The van der Waals surface area contributed by atoms with Crippen molar-refractivity contribution in [3.63, 3.8) is 0 Å². The van der Waals surface area contributed by atoms with E-state index in [2.05, 4.69) is 73.8 Å². The summed E-state index contributed by atoms with van der Waals surface area (Å²) in [6.07, 6.45) is 2.49. The number of hydrogen-bond acceptors (Lipinski definition) is 18. The molecule has 0 radical (unpaired) electrons. The largest absolute Gasteiger partial charge is 0.480 e. The summed E-state index contributed by atoms with van der Waals surface area (Å²) in [5, 5.41) is 66.5. The zero-order valence-corrected chi connectivity index (χ0v) is 60.5. The van der Waals surface area contributed by atoms with Crippen molar-refractivity contribution in [1.82, 2.24) is 82.3 Å². The van der Waals surface area contributed by atoms with Crippen LogP contribution in [0.15, 0.2) is 122 Å². The molecule has 0 spiro atoms. The maximum atomic E-state index is 15.0. The molecule has 8 heterocycles. The van der Waals surface area contributed by atoms with Gasteiger partial charge in [-0.2, -0.15) is 0 Å². The smallest absolute Gasteiger partial charge is 0.326 e. The molecular formula is C74H94N18O14. The van der Waals surface area contributed by atoms with Crippen LogP contribution in [0.2, 0.25) is 0 Å². The molecule has 32 heteroatoms. The monoisotopic (exact) mass is 1460 g/mol. The lowest BCUT2D eigenvalue weighted by Gasteiger charge is -2.31. The van der Waals surface area contributed by atoms with Crippen molar-refractivity contribution < 1.29 is 67.7 Å². The Bertz CT molecular complexity index is 3860. The summed E-state index contributed by atoms with van der Waals surface area (Å²) < 4.78 is 2.97. The predicted molar refractivity (Wildman–Crippen MR) is 386 cm³/mol. The number of nitrogens with one attached hydrogen (secondary N) is 10. The average molecular weight is 1460 g/mol. The van der Waals surface area contributed by atoms with E-state index in [1.807, 2.05) is 0 Å². The number of carboxylic acid groups (broad SMARTS) is 2. The molecule has 2 aromatic heterocycles. The second kappa shape index (κ2) is 36.4. The summed E-state index contributed by atoms with van der Waals surface area (Å²) in [5.74, 6) is -9.81. The molecule has 0 saturated carbocycles. The van der Waals surface area contributed by atoms with E-state index in [-0.39, 0.29) is 77.3 Å². The van der Waals surface area contributed by atoms with Crippen LogP contribution in [0.1, 0.15) is 113 Å². The second-order valence-corrected chi connectivity index (χ2v) is 27.9. The van der Waals surface area contributed by atoms with Crippen molar-refractivity contribution in [2.45, 2.75) is 178 Å². The molecule has 106 heavy (non-hydrogen) atoms. The number of nitrogens with zero attached hydrogens (tertiary/aromatic N) is 8. The zero-order chi connectivity index (χ0) is 76.5. The first-order valence-electron chi connectivity index (χ1n) is 35.6. The van der Waals surface area contributed by atoms with Gasteiger partial charge in [0.15, 0.2) is 0 Å². The molecule has 6 aromatic rings. The molecule has 12 N–H and O–H groups in total. The minimum atomic E-state index is -1.52. The number of benzene rings is 4. The maximum Gasteiger partial charge on any atom is 0.326 e. The highest BCUT2D eigenvalue weighted by molar-refractivity contribution is 5.98. The number of carbonyl (C=O) groups excluding carboxylic acids is 10. The number of amides is 10. The van der Waals surface area contributed by atoms with Crippen LogP contribution in [-0.4, -0.2) is 209 Å². The molecule has 32 nitrogen and oxygen atoms in total. The van der Waals surface area contributed by atoms with Gasteiger partial charge in [-0.3, -0.25) is 47.9 Å². The fourth-order valence-electron chi connectivity index (χ4n) is 12.9. The van der Waals surface area contributed by atoms with Gasteiger partial charge in [0.2, 0.25) is 59.1 Å². The molecule has 2 saturated heterocycles. The Morgan fingerprint density at radius 2 is 0.840 bits per heavy atom. The molecule has 12 rings (SSSR count). The number of carboxylic acids is 2. The molecular weight excluding hydrogens is 1360 g/mol. The summed E-state index contributed by atoms with van der Waals surface area (Å²) in [7, 11) is 3.19. The van der Waals surface area contributed by atoms with E-state index in [4.69, 9.17) is 0 Å². The van der Waals surface area contributed by atoms with E-state index in [0.717, 1.165) is 0 Å². The number of carbonyl (C=O) groups is 12. The Kier molecular flexibility index (Phi) is 27.1. The van der Waals surface area contributed by atoms with Crippen molar-refractivity contribution >= 4 is 82.4 Å². The summed E-state index contributed by atoms with van der Waals surface area (Å²) in [4.78, 5) is 171. The van der Waals surface area contributed by atoms with Crippen LogP contribution in [0.5, 0.6) is 0 Å². The van der Waals surface area contributed by atoms with E-state index in [1.54, 1.807) is 177 Å². The van der Waals surface area contributed by atoms with Gasteiger partial charge in [0.1, 0.15) is 48.3 Å². The Labute approximate surface area is 613 Å². The van der Waals surface area contributed by atoms with Crippen molar-refractivity contribution in [1.29, 1.82) is 0 Å². The first-order valence-corrected chi connectivity index (χ1v) is 35.6. The standard InChI is InChI=1S/C74H94N18O14/c1-41(2)63(83-65(95)43(5)75-7)71(101)89-39-53-35-59(89)69(99)79-55(31-45-15-11-9-12-16-45)67(97)81-57(73(103)104)33-47-19-23-50(24-20-47)78-62(94)30-28-52-38-92(88-86-52)54-36-60(90(40-54)72(102)64(42(3)4)84-66(96)44(6)76-8)70(100)80-56(32-46-17-13-10-14-18-46)68(98)82-58(74(105)106)34-48-21-25-49(26-22-48)77-61(93)29-27-51-37-91(53)87-85-51/h9-26,37-38,41-44,53-60,63-64,75-76H,27-36,39-40H2,1-8H3,(H,77,93)(H,78,94)(H,79,99)(H,80,100)(H,81,97)(H,82,98)(H,83,95)(H,84,96)(H,103,104)(H,105,106)/t43-,44-,53-,54-,55-,56-,57+,58+,59-,60-,63-,64-/m0/s1. The molecule has 0 unspecified atom stereocenters. The third-order valence-electron chi connectivity index (χ3n) is 19.3. The maximum absolute atomic E-state index is 15.0. The van der Waals surface area contributed by atoms with Gasteiger partial charge >= 0.3 is 11.9 Å². The molecule has 6 aliphatic rings. The first-order chi connectivity index (χ1) is 50.6. The minimum Gasteiger partial charge on any atom is -0.480 e. The van der Waals surface area contributed by atoms with Crippen LogP contribution >= 0.6 is 0 Å². The van der Waals surface area contributed by atoms with Gasteiger partial charge in [-0.05, 0) is 86.3 Å².